The molecule has 0 aliphatic carbocycles. The number of guanidine groups is 1. The van der Waals surface area contributed by atoms with Crippen molar-refractivity contribution in [2.75, 3.05) is 13.7 Å². The first-order valence-electron chi connectivity index (χ1n) is 5.15. The number of halogens is 1. The normalized spacial score (nSPS) is 22.1. The summed E-state index contributed by atoms with van der Waals surface area (Å²) in [5.74, 6) is 0.326. The minimum absolute atomic E-state index is 0.00889. The Balaban J connectivity index is 3.05. The molecule has 17 heavy (non-hydrogen) atoms. The fourth-order valence-electron chi connectivity index (χ4n) is 1.45. The molecule has 1 saturated heterocycles. The smallest absolute Gasteiger partial charge is 0.417 e. The molecule has 0 unspecified atom stereocenters. The number of hydrogen-bond donors (Lipinski definition) is 0. The monoisotopic (exact) mass is 258 g/mol. The molecular weight excluding hydrogens is 244 g/mol. The van der Waals surface area contributed by atoms with Gasteiger partial charge in [0, 0.05) is 7.05 Å². The second-order valence-corrected chi connectivity index (χ2v) is 4.16. The van der Waals surface area contributed by atoms with Crippen molar-refractivity contribution in [1.82, 2.24) is 4.90 Å². The van der Waals surface area contributed by atoms with Gasteiger partial charge in [-0.05, 0) is 24.2 Å². The lowest BCUT2D eigenvalue weighted by Crippen LogP contribution is -2.41. The largest absolute Gasteiger partial charge is 0.447 e. The number of carbonyl (C=O) groups is 1. The van der Waals surface area contributed by atoms with Gasteiger partial charge in [0.25, 0.3) is 0 Å². The molecule has 94 valence electrons. The van der Waals surface area contributed by atoms with Crippen LogP contribution in [-0.4, -0.2) is 48.7 Å². The number of ether oxygens (including phenoxy) is 1. The van der Waals surface area contributed by atoms with Crippen LogP contribution in [0.25, 0.3) is 0 Å². The van der Waals surface area contributed by atoms with Gasteiger partial charge in [0.2, 0.25) is 11.3 Å². The third kappa shape index (κ3) is 3.03. The first-order valence-corrected chi connectivity index (χ1v) is 5.52. The fraction of sp³-hybridized carbons (Fsp3) is 0.600. The summed E-state index contributed by atoms with van der Waals surface area (Å²) >= 11 is 5.69. The van der Waals surface area contributed by atoms with Gasteiger partial charge in [-0.25, -0.2) is 14.7 Å². The lowest BCUT2D eigenvalue weighted by Gasteiger charge is -2.22. The molecule has 0 spiro atoms. The Labute approximate surface area is 105 Å². The number of amidine groups is 1. The second-order valence-electron chi connectivity index (χ2n) is 3.82. The first-order chi connectivity index (χ1) is 8.01. The van der Waals surface area contributed by atoms with Crippen molar-refractivity contribution in [3.05, 3.63) is 0 Å². The molecule has 6 nitrogen and oxygen atoms in total. The molecular formula is C10H15ClN4O2. The van der Waals surface area contributed by atoms with E-state index in [1.165, 1.54) is 11.9 Å². The van der Waals surface area contributed by atoms with Gasteiger partial charge < -0.3 is 4.74 Å². The van der Waals surface area contributed by atoms with Crippen molar-refractivity contribution < 1.29 is 9.53 Å². The fourth-order valence-corrected chi connectivity index (χ4v) is 1.53. The molecule has 0 aromatic carbocycles. The standard InChI is InChI=1S/C10H15ClN4O2/c1-6(2)7-5-17-10(16)15(7)9(13-4)14-8(11)12-3/h6-7H,4-5H2,1-3H3/t7-/m1/s1. The van der Waals surface area contributed by atoms with E-state index in [0.29, 0.717) is 6.61 Å². The maximum atomic E-state index is 11.6. The second kappa shape index (κ2) is 5.77. The van der Waals surface area contributed by atoms with E-state index < -0.39 is 6.09 Å². The Kier molecular flexibility index (Phi) is 4.62. The highest BCUT2D eigenvalue weighted by molar-refractivity contribution is 6.65. The van der Waals surface area contributed by atoms with Crippen molar-refractivity contribution in [3.63, 3.8) is 0 Å². The Hall–Kier alpha value is -1.43. The zero-order valence-electron chi connectivity index (χ0n) is 10.1. The topological polar surface area (TPSA) is 66.6 Å². The summed E-state index contributed by atoms with van der Waals surface area (Å²) in [5.41, 5.74) is 0. The Morgan fingerprint density at radius 2 is 2.29 bits per heavy atom. The highest BCUT2D eigenvalue weighted by Crippen LogP contribution is 2.20. The van der Waals surface area contributed by atoms with Gasteiger partial charge in [-0.3, -0.25) is 4.99 Å². The molecule has 1 aliphatic rings. The highest BCUT2D eigenvalue weighted by atomic mass is 35.5. The van der Waals surface area contributed by atoms with Gasteiger partial charge in [-0.2, -0.15) is 4.99 Å². The van der Waals surface area contributed by atoms with Gasteiger partial charge >= 0.3 is 6.09 Å². The van der Waals surface area contributed by atoms with Gasteiger partial charge in [0.05, 0.1) is 6.04 Å². The molecule has 1 fully saturated rings. The Morgan fingerprint density at radius 3 is 2.76 bits per heavy atom. The zero-order chi connectivity index (χ0) is 13.0. The van der Waals surface area contributed by atoms with Crippen molar-refractivity contribution in [1.29, 1.82) is 0 Å². The van der Waals surface area contributed by atoms with Crippen LogP contribution in [0.2, 0.25) is 0 Å². The van der Waals surface area contributed by atoms with Gasteiger partial charge in [0.1, 0.15) is 6.61 Å². The lowest BCUT2D eigenvalue weighted by atomic mass is 10.1. The summed E-state index contributed by atoms with van der Waals surface area (Å²) in [5, 5.41) is 0.00889. The molecule has 0 saturated carbocycles. The molecule has 0 aromatic heterocycles. The van der Waals surface area contributed by atoms with Crippen molar-refractivity contribution in [2.24, 2.45) is 20.9 Å². The number of nitrogens with zero attached hydrogens (tertiary/aromatic N) is 4. The summed E-state index contributed by atoms with van der Waals surface area (Å²) in [4.78, 5) is 24.2. The molecule has 0 N–H and O–H groups in total. The molecule has 1 heterocycles. The van der Waals surface area contributed by atoms with E-state index >= 15 is 0 Å². The third-order valence-electron chi connectivity index (χ3n) is 2.41. The van der Waals surface area contributed by atoms with Crippen LogP contribution >= 0.6 is 11.6 Å². The van der Waals surface area contributed by atoms with E-state index in [2.05, 4.69) is 21.7 Å². The van der Waals surface area contributed by atoms with E-state index in [0.717, 1.165) is 0 Å². The van der Waals surface area contributed by atoms with Crippen LogP contribution in [0.5, 0.6) is 0 Å². The molecule has 7 heteroatoms. The number of hydrogen-bond acceptors (Lipinski definition) is 3. The Morgan fingerprint density at radius 1 is 1.65 bits per heavy atom. The lowest BCUT2D eigenvalue weighted by molar-refractivity contribution is 0.168. The number of cyclic esters (lactones) is 1. The minimum atomic E-state index is -0.490. The number of aliphatic imine (C=N–C) groups is 3. The predicted octanol–water partition coefficient (Wildman–Crippen LogP) is 1.74. The minimum Gasteiger partial charge on any atom is -0.447 e. The third-order valence-corrected chi connectivity index (χ3v) is 2.66. The van der Waals surface area contributed by atoms with Gasteiger partial charge in [-0.1, -0.05) is 13.8 Å². The van der Waals surface area contributed by atoms with Crippen LogP contribution in [0.15, 0.2) is 15.0 Å². The average molecular weight is 259 g/mol. The predicted molar refractivity (Wildman–Crippen MR) is 68.0 cm³/mol. The van der Waals surface area contributed by atoms with Crippen molar-refractivity contribution in [2.45, 2.75) is 19.9 Å². The molecule has 1 atom stereocenters. The summed E-state index contributed by atoms with van der Waals surface area (Å²) < 4.78 is 4.97. The van der Waals surface area contributed by atoms with Gasteiger partial charge in [0.15, 0.2) is 0 Å². The average Bonchev–Trinajstić information content (AvgIpc) is 2.67. The zero-order valence-corrected chi connectivity index (χ0v) is 10.8. The quantitative estimate of drug-likeness (QED) is 0.408. The van der Waals surface area contributed by atoms with E-state index in [1.807, 2.05) is 13.8 Å². The first kappa shape index (κ1) is 13.6. The van der Waals surface area contributed by atoms with Crippen LogP contribution < -0.4 is 0 Å². The molecule has 1 aliphatic heterocycles. The summed E-state index contributed by atoms with van der Waals surface area (Å²) in [6, 6.07) is -0.118. The maximum Gasteiger partial charge on any atom is 0.417 e. The molecule has 1 amide bonds. The van der Waals surface area contributed by atoms with Crippen molar-refractivity contribution >= 4 is 35.7 Å². The van der Waals surface area contributed by atoms with E-state index in [4.69, 9.17) is 16.3 Å². The molecule has 0 radical (unpaired) electrons. The summed E-state index contributed by atoms with van der Waals surface area (Å²) in [7, 11) is 1.49. The van der Waals surface area contributed by atoms with E-state index in [9.17, 15) is 4.79 Å². The number of rotatable bonds is 1. The molecule has 1 rings (SSSR count). The highest BCUT2D eigenvalue weighted by Gasteiger charge is 2.38. The van der Waals surface area contributed by atoms with Crippen LogP contribution in [0.3, 0.4) is 0 Å². The molecule has 0 bridgehead atoms. The Bertz CT molecular complexity index is 379. The van der Waals surface area contributed by atoms with E-state index in [1.54, 1.807) is 0 Å². The number of carbonyl (C=O) groups excluding carboxylic acids is 1. The SMILES string of the molecule is C=NC(=NC(Cl)=NC)N1C(=O)OC[C@@H]1C(C)C. The van der Waals surface area contributed by atoms with Gasteiger partial charge in [-0.15, -0.1) is 0 Å². The summed E-state index contributed by atoms with van der Waals surface area (Å²) in [6.45, 7) is 7.65. The van der Waals surface area contributed by atoms with Crippen LogP contribution in [0.1, 0.15) is 13.8 Å². The van der Waals surface area contributed by atoms with Crippen LogP contribution in [0.4, 0.5) is 4.79 Å². The van der Waals surface area contributed by atoms with Crippen LogP contribution in [0, 0.1) is 5.92 Å². The van der Waals surface area contributed by atoms with E-state index in [-0.39, 0.29) is 23.2 Å². The molecule has 0 aromatic rings. The number of amides is 1. The van der Waals surface area contributed by atoms with Crippen LogP contribution in [-0.2, 0) is 4.74 Å². The maximum absolute atomic E-state index is 11.6. The summed E-state index contributed by atoms with van der Waals surface area (Å²) in [6.07, 6.45) is -0.490. The van der Waals surface area contributed by atoms with Crippen molar-refractivity contribution in [3.8, 4) is 0 Å².